The molecule has 2 aromatic carbocycles. The number of ether oxygens (including phenoxy) is 1. The van der Waals surface area contributed by atoms with Gasteiger partial charge in [0, 0.05) is 23.5 Å². The van der Waals surface area contributed by atoms with Crippen LogP contribution in [0.3, 0.4) is 0 Å². The van der Waals surface area contributed by atoms with E-state index in [9.17, 15) is 4.79 Å². The molecule has 1 aromatic heterocycles. The highest BCUT2D eigenvalue weighted by atomic mass is 16.5. The zero-order chi connectivity index (χ0) is 17.6. The molecule has 4 heteroatoms. The molecule has 0 unspecified atom stereocenters. The maximum atomic E-state index is 12.2. The monoisotopic (exact) mass is 335 g/mol. The Morgan fingerprint density at radius 3 is 2.52 bits per heavy atom. The standard InChI is InChI=1S/C21H21NO3/c1-21(2,3)22-12-17-18(24-13-22)10-9-15-16(11-19(23)25-20(15)17)14-7-5-4-6-8-14/h4-11H,12-13H2,1-3H3. The lowest BCUT2D eigenvalue weighted by atomic mass is 9.98. The first-order valence-corrected chi connectivity index (χ1v) is 8.46. The smallest absolute Gasteiger partial charge is 0.336 e. The van der Waals surface area contributed by atoms with Crippen molar-refractivity contribution in [1.29, 1.82) is 0 Å². The average molecular weight is 335 g/mol. The Kier molecular flexibility index (Phi) is 3.65. The molecule has 0 fully saturated rings. The number of hydrogen-bond donors (Lipinski definition) is 0. The lowest BCUT2D eigenvalue weighted by molar-refractivity contribution is 0.0221. The van der Waals surface area contributed by atoms with Gasteiger partial charge in [0.1, 0.15) is 18.1 Å². The largest absolute Gasteiger partial charge is 0.478 e. The van der Waals surface area contributed by atoms with Crippen molar-refractivity contribution in [2.45, 2.75) is 32.9 Å². The van der Waals surface area contributed by atoms with Crippen molar-refractivity contribution in [3.63, 3.8) is 0 Å². The zero-order valence-electron chi connectivity index (χ0n) is 14.7. The van der Waals surface area contributed by atoms with Gasteiger partial charge in [-0.25, -0.2) is 4.79 Å². The van der Waals surface area contributed by atoms with Gasteiger partial charge in [0.05, 0.1) is 5.56 Å². The maximum absolute atomic E-state index is 12.2. The average Bonchev–Trinajstić information content (AvgIpc) is 2.60. The second-order valence-corrected chi connectivity index (χ2v) is 7.41. The second kappa shape index (κ2) is 5.74. The molecule has 0 aliphatic carbocycles. The summed E-state index contributed by atoms with van der Waals surface area (Å²) >= 11 is 0. The minimum atomic E-state index is -0.340. The second-order valence-electron chi connectivity index (χ2n) is 7.41. The predicted octanol–water partition coefficient (Wildman–Crippen LogP) is 4.41. The number of nitrogens with zero attached hydrogens (tertiary/aromatic N) is 1. The third-order valence-electron chi connectivity index (χ3n) is 4.73. The van der Waals surface area contributed by atoms with E-state index in [0.29, 0.717) is 18.9 Å². The van der Waals surface area contributed by atoms with Gasteiger partial charge in [0.25, 0.3) is 0 Å². The predicted molar refractivity (Wildman–Crippen MR) is 98.7 cm³/mol. The Morgan fingerprint density at radius 2 is 1.80 bits per heavy atom. The van der Waals surface area contributed by atoms with Gasteiger partial charge < -0.3 is 9.15 Å². The van der Waals surface area contributed by atoms with E-state index >= 15 is 0 Å². The van der Waals surface area contributed by atoms with Crippen LogP contribution in [0, 0.1) is 0 Å². The molecule has 0 amide bonds. The fraction of sp³-hybridized carbons (Fsp3) is 0.286. The fourth-order valence-electron chi connectivity index (χ4n) is 3.22. The molecule has 0 spiro atoms. The lowest BCUT2D eigenvalue weighted by Gasteiger charge is -2.38. The molecule has 3 aromatic rings. The molecule has 4 rings (SSSR count). The van der Waals surface area contributed by atoms with Crippen LogP contribution in [-0.4, -0.2) is 17.2 Å². The van der Waals surface area contributed by atoms with Gasteiger partial charge in [-0.3, -0.25) is 4.90 Å². The van der Waals surface area contributed by atoms with E-state index in [1.165, 1.54) is 0 Å². The van der Waals surface area contributed by atoms with E-state index in [1.54, 1.807) is 6.07 Å². The third kappa shape index (κ3) is 2.83. The van der Waals surface area contributed by atoms with Gasteiger partial charge in [-0.05, 0) is 44.0 Å². The molecule has 0 N–H and O–H groups in total. The molecule has 128 valence electrons. The van der Waals surface area contributed by atoms with Crippen LogP contribution in [0.15, 0.2) is 57.7 Å². The molecular formula is C21H21NO3. The van der Waals surface area contributed by atoms with Gasteiger partial charge in [0.15, 0.2) is 0 Å². The molecular weight excluding hydrogens is 314 g/mol. The van der Waals surface area contributed by atoms with Gasteiger partial charge >= 0.3 is 5.63 Å². The van der Waals surface area contributed by atoms with Crippen LogP contribution in [0.25, 0.3) is 22.1 Å². The van der Waals surface area contributed by atoms with Crippen molar-refractivity contribution in [2.75, 3.05) is 6.73 Å². The molecule has 0 radical (unpaired) electrons. The first-order valence-electron chi connectivity index (χ1n) is 8.46. The van der Waals surface area contributed by atoms with Gasteiger partial charge in [-0.2, -0.15) is 0 Å². The quantitative estimate of drug-likeness (QED) is 0.618. The maximum Gasteiger partial charge on any atom is 0.336 e. The van der Waals surface area contributed by atoms with Crippen molar-refractivity contribution >= 4 is 11.0 Å². The summed E-state index contributed by atoms with van der Waals surface area (Å²) in [4.78, 5) is 14.4. The van der Waals surface area contributed by atoms with Crippen LogP contribution in [0.2, 0.25) is 0 Å². The Balaban J connectivity index is 1.94. The Labute approximate surface area is 146 Å². The Hall–Kier alpha value is -2.59. The van der Waals surface area contributed by atoms with E-state index in [4.69, 9.17) is 9.15 Å². The first-order chi connectivity index (χ1) is 11.9. The number of rotatable bonds is 1. The number of hydrogen-bond acceptors (Lipinski definition) is 4. The molecule has 25 heavy (non-hydrogen) atoms. The minimum Gasteiger partial charge on any atom is -0.478 e. The number of benzene rings is 2. The van der Waals surface area contributed by atoms with Crippen molar-refractivity contribution in [1.82, 2.24) is 4.90 Å². The van der Waals surface area contributed by atoms with Crippen LogP contribution in [0.5, 0.6) is 5.75 Å². The van der Waals surface area contributed by atoms with E-state index in [1.807, 2.05) is 42.5 Å². The summed E-state index contributed by atoms with van der Waals surface area (Å²) in [6.07, 6.45) is 0. The Bertz CT molecular complexity index is 984. The molecule has 0 saturated heterocycles. The number of fused-ring (bicyclic) bond motifs is 3. The van der Waals surface area contributed by atoms with Gasteiger partial charge in [0.2, 0.25) is 0 Å². The minimum absolute atomic E-state index is 0.0306. The summed E-state index contributed by atoms with van der Waals surface area (Å²) in [7, 11) is 0. The summed E-state index contributed by atoms with van der Waals surface area (Å²) in [6, 6.07) is 15.4. The summed E-state index contributed by atoms with van der Waals surface area (Å²) in [5.41, 5.74) is 3.09. The van der Waals surface area contributed by atoms with Crippen LogP contribution in [0.1, 0.15) is 26.3 Å². The fourth-order valence-corrected chi connectivity index (χ4v) is 3.22. The van der Waals surface area contributed by atoms with E-state index in [2.05, 4.69) is 25.7 Å². The molecule has 1 aliphatic heterocycles. The highest BCUT2D eigenvalue weighted by molar-refractivity contribution is 5.95. The van der Waals surface area contributed by atoms with Crippen LogP contribution in [0.4, 0.5) is 0 Å². The zero-order valence-corrected chi connectivity index (χ0v) is 14.7. The molecule has 1 aliphatic rings. The van der Waals surface area contributed by atoms with Crippen LogP contribution in [-0.2, 0) is 6.54 Å². The first kappa shape index (κ1) is 15.9. The van der Waals surface area contributed by atoms with Crippen LogP contribution < -0.4 is 10.4 Å². The summed E-state index contributed by atoms with van der Waals surface area (Å²) < 4.78 is 11.5. The van der Waals surface area contributed by atoms with Gasteiger partial charge in [-0.15, -0.1) is 0 Å². The van der Waals surface area contributed by atoms with Crippen molar-refractivity contribution in [3.8, 4) is 16.9 Å². The third-order valence-corrected chi connectivity index (χ3v) is 4.73. The molecule has 0 atom stereocenters. The van der Waals surface area contributed by atoms with E-state index in [0.717, 1.165) is 27.8 Å². The topological polar surface area (TPSA) is 42.7 Å². The SMILES string of the molecule is CC(C)(C)N1COc2ccc3c(-c4ccccc4)cc(=O)oc3c2C1. The van der Waals surface area contributed by atoms with Crippen LogP contribution >= 0.6 is 0 Å². The van der Waals surface area contributed by atoms with E-state index in [-0.39, 0.29) is 11.2 Å². The molecule has 2 heterocycles. The summed E-state index contributed by atoms with van der Waals surface area (Å²) in [6.45, 7) is 7.68. The lowest BCUT2D eigenvalue weighted by Crippen LogP contribution is -2.45. The Morgan fingerprint density at radius 1 is 1.04 bits per heavy atom. The summed E-state index contributed by atoms with van der Waals surface area (Å²) in [5, 5.41) is 0.934. The highest BCUT2D eigenvalue weighted by Gasteiger charge is 2.29. The summed E-state index contributed by atoms with van der Waals surface area (Å²) in [5.74, 6) is 0.793. The normalized spacial score (nSPS) is 15.0. The van der Waals surface area contributed by atoms with Crippen molar-refractivity contribution < 1.29 is 9.15 Å². The van der Waals surface area contributed by atoms with Gasteiger partial charge in [-0.1, -0.05) is 30.3 Å². The van der Waals surface area contributed by atoms with E-state index < -0.39 is 0 Å². The van der Waals surface area contributed by atoms with Crippen molar-refractivity contribution in [3.05, 3.63) is 64.5 Å². The molecule has 0 bridgehead atoms. The molecule has 0 saturated carbocycles. The van der Waals surface area contributed by atoms with Crippen molar-refractivity contribution in [2.24, 2.45) is 0 Å². The highest BCUT2D eigenvalue weighted by Crippen LogP contribution is 2.37. The molecule has 4 nitrogen and oxygen atoms in total.